The molecule has 0 spiro atoms. The fraction of sp³-hybridized carbons (Fsp3) is 0.588. The van der Waals surface area contributed by atoms with Gasteiger partial charge in [-0.2, -0.15) is 0 Å². The van der Waals surface area contributed by atoms with Gasteiger partial charge in [-0.05, 0) is 51.8 Å². The van der Waals surface area contributed by atoms with Gasteiger partial charge in [-0.3, -0.25) is 4.79 Å². The van der Waals surface area contributed by atoms with Crippen LogP contribution in [0.3, 0.4) is 0 Å². The fourth-order valence-electron chi connectivity index (χ4n) is 2.75. The molecule has 1 heterocycles. The maximum absolute atomic E-state index is 12.6. The zero-order valence-electron chi connectivity index (χ0n) is 15.0. The lowest BCUT2D eigenvalue weighted by Crippen LogP contribution is -2.46. The Bertz CT molecular complexity index is 681. The molecule has 2 rings (SSSR count). The van der Waals surface area contributed by atoms with Crippen LogP contribution in [-0.4, -0.2) is 32.5 Å². The van der Waals surface area contributed by atoms with Crippen molar-refractivity contribution in [3.8, 4) is 0 Å². The zero-order valence-corrected chi connectivity index (χ0v) is 16.6. The predicted molar refractivity (Wildman–Crippen MR) is 101 cm³/mol. The number of halogens is 1. The lowest BCUT2D eigenvalue weighted by Gasteiger charge is -2.23. The molecule has 1 saturated heterocycles. The maximum atomic E-state index is 12.6. The number of hydrogen-bond acceptors (Lipinski definition) is 4. The van der Waals surface area contributed by atoms with Crippen LogP contribution in [-0.2, 0) is 21.4 Å². The number of rotatable bonds is 5. The van der Waals surface area contributed by atoms with Gasteiger partial charge >= 0.3 is 0 Å². The molecule has 1 atom stereocenters. The highest BCUT2D eigenvalue weighted by atomic mass is 35.5. The van der Waals surface area contributed by atoms with Crippen LogP contribution in [0.25, 0.3) is 0 Å². The van der Waals surface area contributed by atoms with Crippen molar-refractivity contribution >= 4 is 28.3 Å². The Hall–Kier alpha value is -1.15. The Kier molecular flexibility index (Phi) is 7.87. The van der Waals surface area contributed by atoms with Crippen molar-refractivity contribution in [2.24, 2.45) is 0 Å². The van der Waals surface area contributed by atoms with Crippen molar-refractivity contribution in [2.75, 3.05) is 6.54 Å². The van der Waals surface area contributed by atoms with Gasteiger partial charge in [0.1, 0.15) is 0 Å². The molecule has 1 aliphatic rings. The first kappa shape index (κ1) is 21.9. The second-order valence-corrected chi connectivity index (χ2v) is 8.83. The number of nitrogens with one attached hydrogen (secondary N) is 3. The average Bonchev–Trinajstić information content (AvgIpc) is 2.51. The van der Waals surface area contributed by atoms with Crippen molar-refractivity contribution in [1.82, 2.24) is 15.4 Å². The van der Waals surface area contributed by atoms with Crippen LogP contribution in [0.4, 0.5) is 0 Å². The quantitative estimate of drug-likeness (QED) is 0.718. The highest BCUT2D eigenvalue weighted by Gasteiger charge is 2.25. The van der Waals surface area contributed by atoms with Gasteiger partial charge in [0.05, 0.1) is 10.9 Å². The molecule has 0 aliphatic carbocycles. The van der Waals surface area contributed by atoms with Crippen LogP contribution in [0, 0.1) is 0 Å². The highest BCUT2D eigenvalue weighted by molar-refractivity contribution is 7.89. The van der Waals surface area contributed by atoms with E-state index >= 15 is 0 Å². The summed E-state index contributed by atoms with van der Waals surface area (Å²) in [5.41, 5.74) is 0.0136. The summed E-state index contributed by atoms with van der Waals surface area (Å²) in [4.78, 5) is 12.4. The van der Waals surface area contributed by atoms with E-state index < -0.39 is 15.6 Å². The minimum atomic E-state index is -3.64. The molecule has 1 amide bonds. The standard InChI is InChI=1S/C17H27N3O3S.ClH/c1-17(2,3)20-24(22,23)15-10-5-4-8-13(15)12-19-16(21)14-9-6-7-11-18-14;/h4-5,8,10,14,18,20H,6-7,9,11-12H2,1-3H3,(H,19,21);1H. The Morgan fingerprint density at radius 3 is 2.52 bits per heavy atom. The lowest BCUT2D eigenvalue weighted by molar-refractivity contribution is -0.123. The van der Waals surface area contributed by atoms with Crippen molar-refractivity contribution in [3.63, 3.8) is 0 Å². The third kappa shape index (κ3) is 6.58. The van der Waals surface area contributed by atoms with Crippen LogP contribution >= 0.6 is 12.4 Å². The van der Waals surface area contributed by atoms with E-state index in [9.17, 15) is 13.2 Å². The predicted octanol–water partition coefficient (Wildman–Crippen LogP) is 1.94. The van der Waals surface area contributed by atoms with E-state index in [1.165, 1.54) is 0 Å². The Labute approximate surface area is 156 Å². The summed E-state index contributed by atoms with van der Waals surface area (Å²) in [7, 11) is -3.64. The van der Waals surface area contributed by atoms with Crippen molar-refractivity contribution in [1.29, 1.82) is 0 Å². The summed E-state index contributed by atoms with van der Waals surface area (Å²) in [5, 5.41) is 6.04. The van der Waals surface area contributed by atoms with Crippen molar-refractivity contribution in [3.05, 3.63) is 29.8 Å². The number of piperidine rings is 1. The van der Waals surface area contributed by atoms with E-state index in [4.69, 9.17) is 0 Å². The molecule has 1 fully saturated rings. The third-order valence-corrected chi connectivity index (χ3v) is 5.64. The van der Waals surface area contributed by atoms with Gasteiger partial charge in [0.25, 0.3) is 0 Å². The number of amides is 1. The minimum absolute atomic E-state index is 0. The number of sulfonamides is 1. The fourth-order valence-corrected chi connectivity index (χ4v) is 4.41. The van der Waals surface area contributed by atoms with E-state index in [2.05, 4.69) is 15.4 Å². The van der Waals surface area contributed by atoms with Crippen LogP contribution in [0.15, 0.2) is 29.2 Å². The number of hydrogen-bond donors (Lipinski definition) is 3. The average molecular weight is 390 g/mol. The van der Waals surface area contributed by atoms with Gasteiger partial charge in [0.15, 0.2) is 0 Å². The SMILES string of the molecule is CC(C)(C)NS(=O)(=O)c1ccccc1CNC(=O)C1CCCCN1.Cl. The Morgan fingerprint density at radius 2 is 1.92 bits per heavy atom. The number of benzene rings is 1. The molecule has 25 heavy (non-hydrogen) atoms. The van der Waals surface area contributed by atoms with Gasteiger partial charge in [0.2, 0.25) is 15.9 Å². The third-order valence-electron chi connectivity index (χ3n) is 3.78. The molecule has 8 heteroatoms. The van der Waals surface area contributed by atoms with Crippen LogP contribution in [0.1, 0.15) is 45.6 Å². The van der Waals surface area contributed by atoms with Gasteiger partial charge in [-0.1, -0.05) is 24.6 Å². The molecular weight excluding hydrogens is 362 g/mol. The highest BCUT2D eigenvalue weighted by Crippen LogP contribution is 2.18. The minimum Gasteiger partial charge on any atom is -0.351 e. The molecule has 6 nitrogen and oxygen atoms in total. The van der Waals surface area contributed by atoms with Crippen LogP contribution in [0.2, 0.25) is 0 Å². The zero-order chi connectivity index (χ0) is 17.8. The summed E-state index contributed by atoms with van der Waals surface area (Å²) in [6.07, 6.45) is 2.94. The van der Waals surface area contributed by atoms with E-state index in [1.54, 1.807) is 45.0 Å². The Morgan fingerprint density at radius 1 is 1.24 bits per heavy atom. The van der Waals surface area contributed by atoms with Gasteiger partial charge in [0, 0.05) is 12.1 Å². The van der Waals surface area contributed by atoms with Crippen LogP contribution < -0.4 is 15.4 Å². The van der Waals surface area contributed by atoms with Gasteiger partial charge < -0.3 is 10.6 Å². The number of carbonyl (C=O) groups excluding carboxylic acids is 1. The van der Waals surface area contributed by atoms with Gasteiger partial charge in [-0.15, -0.1) is 12.4 Å². The molecular formula is C17H28ClN3O3S. The van der Waals surface area contributed by atoms with Crippen molar-refractivity contribution in [2.45, 2.75) is 63.1 Å². The maximum Gasteiger partial charge on any atom is 0.241 e. The molecule has 142 valence electrons. The second-order valence-electron chi connectivity index (χ2n) is 7.18. The first-order valence-electron chi connectivity index (χ1n) is 8.32. The van der Waals surface area contributed by atoms with E-state index in [1.807, 2.05) is 0 Å². The summed E-state index contributed by atoms with van der Waals surface area (Å²) in [5.74, 6) is -0.0781. The summed E-state index contributed by atoms with van der Waals surface area (Å²) >= 11 is 0. The number of carbonyl (C=O) groups is 1. The topological polar surface area (TPSA) is 87.3 Å². The van der Waals surface area contributed by atoms with E-state index in [-0.39, 0.29) is 35.8 Å². The van der Waals surface area contributed by atoms with E-state index in [0.29, 0.717) is 5.56 Å². The molecule has 1 aromatic carbocycles. The van der Waals surface area contributed by atoms with E-state index in [0.717, 1.165) is 25.8 Å². The largest absolute Gasteiger partial charge is 0.351 e. The van der Waals surface area contributed by atoms with Crippen LogP contribution in [0.5, 0.6) is 0 Å². The molecule has 0 bridgehead atoms. The molecule has 0 saturated carbocycles. The molecule has 1 aliphatic heterocycles. The summed E-state index contributed by atoms with van der Waals surface area (Å²) in [6, 6.07) is 6.57. The van der Waals surface area contributed by atoms with Crippen molar-refractivity contribution < 1.29 is 13.2 Å². The monoisotopic (exact) mass is 389 g/mol. The molecule has 0 aromatic heterocycles. The first-order valence-corrected chi connectivity index (χ1v) is 9.80. The van der Waals surface area contributed by atoms with Gasteiger partial charge in [-0.25, -0.2) is 13.1 Å². The molecule has 3 N–H and O–H groups in total. The second kappa shape index (κ2) is 8.98. The Balaban J connectivity index is 0.00000312. The molecule has 1 aromatic rings. The molecule has 0 radical (unpaired) electrons. The summed E-state index contributed by atoms with van der Waals surface area (Å²) < 4.78 is 27.8. The first-order chi connectivity index (χ1) is 11.2. The summed E-state index contributed by atoms with van der Waals surface area (Å²) in [6.45, 7) is 6.42. The normalized spacial score (nSPS) is 18.3. The molecule has 1 unspecified atom stereocenters. The smallest absolute Gasteiger partial charge is 0.241 e. The lowest BCUT2D eigenvalue weighted by atomic mass is 10.0.